The predicted molar refractivity (Wildman–Crippen MR) is 112 cm³/mol. The predicted octanol–water partition coefficient (Wildman–Crippen LogP) is 3.46. The standard InChI is InChI=1S/C17H14BrIN2O7/c1-26-15-10(18)8-11(19)13(14(15)21(24)25)20-7-5-4-6-9(16(22)27-2)12(20)17(23)28-3/h4-8H,1-3H3. The molecule has 0 amide bonds. The monoisotopic (exact) mass is 564 g/mol. The van der Waals surface area contributed by atoms with Crippen molar-refractivity contribution in [2.24, 2.45) is 0 Å². The van der Waals surface area contributed by atoms with Crippen LogP contribution in [0.3, 0.4) is 0 Å². The maximum atomic E-state index is 12.5. The second-order valence-electron chi connectivity index (χ2n) is 5.14. The summed E-state index contributed by atoms with van der Waals surface area (Å²) in [6.45, 7) is 0. The molecule has 28 heavy (non-hydrogen) atoms. The van der Waals surface area contributed by atoms with Crippen LogP contribution in [0.2, 0.25) is 0 Å². The van der Waals surface area contributed by atoms with Crippen LogP contribution in [0.25, 0.3) is 0 Å². The van der Waals surface area contributed by atoms with Gasteiger partial charge in [0.15, 0.2) is 0 Å². The molecule has 148 valence electrons. The van der Waals surface area contributed by atoms with Gasteiger partial charge in [-0.2, -0.15) is 0 Å². The van der Waals surface area contributed by atoms with E-state index in [1.165, 1.54) is 36.4 Å². The Kier molecular flexibility index (Phi) is 7.18. The molecule has 0 radical (unpaired) electrons. The number of benzene rings is 1. The SMILES string of the molecule is COC(=O)C1=C(C(=O)OC)N(c2c(I)cc(Br)c(OC)c2[N+](=O)[O-])C=CC=C1. The van der Waals surface area contributed by atoms with Crippen molar-refractivity contribution in [2.75, 3.05) is 26.2 Å². The Hall–Kier alpha value is -2.41. The number of rotatable bonds is 5. The van der Waals surface area contributed by atoms with Crippen molar-refractivity contribution in [2.45, 2.75) is 0 Å². The molecule has 0 unspecified atom stereocenters. The van der Waals surface area contributed by atoms with E-state index in [0.717, 1.165) is 14.2 Å². The van der Waals surface area contributed by atoms with Gasteiger partial charge >= 0.3 is 17.6 Å². The maximum absolute atomic E-state index is 12.5. The van der Waals surface area contributed by atoms with Gasteiger partial charge in [-0.1, -0.05) is 6.08 Å². The van der Waals surface area contributed by atoms with Gasteiger partial charge in [0.25, 0.3) is 0 Å². The normalized spacial score (nSPS) is 13.2. The molecule has 0 saturated carbocycles. The van der Waals surface area contributed by atoms with Crippen LogP contribution < -0.4 is 9.64 Å². The average Bonchev–Trinajstić information content (AvgIpc) is 2.88. The molecule has 9 nitrogen and oxygen atoms in total. The Balaban J connectivity index is 2.94. The Labute approximate surface area is 182 Å². The van der Waals surface area contributed by atoms with Gasteiger partial charge in [-0.25, -0.2) is 9.59 Å². The molecule has 0 bridgehead atoms. The Bertz CT molecular complexity index is 940. The Morgan fingerprint density at radius 3 is 2.36 bits per heavy atom. The summed E-state index contributed by atoms with van der Waals surface area (Å²) in [4.78, 5) is 37.2. The topological polar surface area (TPSA) is 108 Å². The molecule has 1 aromatic rings. The van der Waals surface area contributed by atoms with E-state index in [-0.39, 0.29) is 22.7 Å². The van der Waals surface area contributed by atoms with Gasteiger partial charge in [-0.3, -0.25) is 10.1 Å². The number of nitro benzene ring substituents is 1. The van der Waals surface area contributed by atoms with Crippen LogP contribution in [-0.2, 0) is 19.1 Å². The number of esters is 2. The number of anilines is 1. The van der Waals surface area contributed by atoms with E-state index in [1.54, 1.807) is 6.07 Å². The third-order valence-corrected chi connectivity index (χ3v) is 5.06. The van der Waals surface area contributed by atoms with E-state index in [1.807, 2.05) is 22.6 Å². The van der Waals surface area contributed by atoms with Crippen LogP contribution >= 0.6 is 38.5 Å². The van der Waals surface area contributed by atoms with E-state index in [0.29, 0.717) is 8.04 Å². The summed E-state index contributed by atoms with van der Waals surface area (Å²) in [5, 5.41) is 11.9. The molecule has 0 atom stereocenters. The fraction of sp³-hybridized carbons (Fsp3) is 0.176. The first-order chi connectivity index (χ1) is 13.3. The van der Waals surface area contributed by atoms with Gasteiger partial charge in [-0.15, -0.1) is 0 Å². The molecular weight excluding hydrogens is 551 g/mol. The van der Waals surface area contributed by atoms with Gasteiger partial charge in [0.05, 0.1) is 36.3 Å². The summed E-state index contributed by atoms with van der Waals surface area (Å²) < 4.78 is 15.5. The summed E-state index contributed by atoms with van der Waals surface area (Å²) in [5.74, 6) is -1.70. The van der Waals surface area contributed by atoms with E-state index in [2.05, 4.69) is 15.9 Å². The number of halogens is 2. The number of nitrogens with zero attached hydrogens (tertiary/aromatic N) is 2. The van der Waals surface area contributed by atoms with Crippen LogP contribution in [0.1, 0.15) is 0 Å². The molecule has 2 rings (SSSR count). The minimum Gasteiger partial charge on any atom is -0.489 e. The molecule has 0 aliphatic carbocycles. The van der Waals surface area contributed by atoms with Crippen LogP contribution in [0, 0.1) is 13.7 Å². The number of hydrogen-bond acceptors (Lipinski definition) is 8. The van der Waals surface area contributed by atoms with E-state index in [9.17, 15) is 19.7 Å². The average molecular weight is 565 g/mol. The van der Waals surface area contributed by atoms with E-state index < -0.39 is 22.5 Å². The van der Waals surface area contributed by atoms with Gasteiger partial charge in [0.1, 0.15) is 11.4 Å². The molecule has 0 fully saturated rings. The largest absolute Gasteiger partial charge is 0.489 e. The van der Waals surface area contributed by atoms with Crippen molar-refractivity contribution in [1.82, 2.24) is 0 Å². The van der Waals surface area contributed by atoms with Crippen LogP contribution in [-0.4, -0.2) is 38.2 Å². The Morgan fingerprint density at radius 1 is 1.18 bits per heavy atom. The smallest absolute Gasteiger partial charge is 0.355 e. The Morgan fingerprint density at radius 2 is 1.82 bits per heavy atom. The summed E-state index contributed by atoms with van der Waals surface area (Å²) >= 11 is 5.14. The molecule has 1 aliphatic heterocycles. The highest BCUT2D eigenvalue weighted by Crippen LogP contribution is 2.47. The molecule has 0 N–H and O–H groups in total. The summed E-state index contributed by atoms with van der Waals surface area (Å²) in [5.41, 5.74) is -0.707. The summed E-state index contributed by atoms with van der Waals surface area (Å²) in [6, 6.07) is 1.60. The second-order valence-corrected chi connectivity index (χ2v) is 7.16. The molecule has 11 heteroatoms. The lowest BCUT2D eigenvalue weighted by Crippen LogP contribution is -2.28. The highest BCUT2D eigenvalue weighted by Gasteiger charge is 2.35. The van der Waals surface area contributed by atoms with Crippen LogP contribution in [0.4, 0.5) is 11.4 Å². The summed E-state index contributed by atoms with van der Waals surface area (Å²) in [7, 11) is 3.60. The first-order valence-electron chi connectivity index (χ1n) is 7.53. The van der Waals surface area contributed by atoms with Crippen molar-refractivity contribution in [1.29, 1.82) is 0 Å². The first kappa shape index (κ1) is 21.9. The molecule has 1 aromatic carbocycles. The van der Waals surface area contributed by atoms with E-state index in [4.69, 9.17) is 14.2 Å². The maximum Gasteiger partial charge on any atom is 0.355 e. The number of carbonyl (C=O) groups is 2. The quantitative estimate of drug-likeness (QED) is 0.231. The zero-order valence-electron chi connectivity index (χ0n) is 14.9. The minimum atomic E-state index is -0.872. The van der Waals surface area contributed by atoms with Crippen molar-refractivity contribution in [3.63, 3.8) is 0 Å². The van der Waals surface area contributed by atoms with E-state index >= 15 is 0 Å². The van der Waals surface area contributed by atoms with Gasteiger partial charge in [-0.05, 0) is 56.7 Å². The van der Waals surface area contributed by atoms with Crippen LogP contribution in [0.5, 0.6) is 5.75 Å². The zero-order chi connectivity index (χ0) is 21.0. The van der Waals surface area contributed by atoms with Crippen molar-refractivity contribution < 1.29 is 28.7 Å². The van der Waals surface area contributed by atoms with Gasteiger partial charge in [0.2, 0.25) is 5.75 Å². The fourth-order valence-corrected chi connectivity index (χ4v) is 4.34. The fourth-order valence-electron chi connectivity index (χ4n) is 2.51. The van der Waals surface area contributed by atoms with Crippen LogP contribution in [0.15, 0.2) is 46.2 Å². The lowest BCUT2D eigenvalue weighted by Gasteiger charge is -2.24. The third kappa shape index (κ3) is 4.04. The molecule has 0 saturated heterocycles. The van der Waals surface area contributed by atoms with Gasteiger partial charge in [0, 0.05) is 9.77 Å². The number of carbonyl (C=O) groups excluding carboxylic acids is 2. The number of methoxy groups -OCH3 is 3. The molecule has 0 aromatic heterocycles. The minimum absolute atomic E-state index is 0.0325. The summed E-state index contributed by atoms with van der Waals surface area (Å²) in [6.07, 6.45) is 5.80. The van der Waals surface area contributed by atoms with Crippen molar-refractivity contribution in [3.05, 3.63) is 59.9 Å². The number of hydrogen-bond donors (Lipinski definition) is 0. The third-order valence-electron chi connectivity index (χ3n) is 3.65. The first-order valence-corrected chi connectivity index (χ1v) is 9.41. The number of allylic oxidation sites excluding steroid dienone is 2. The lowest BCUT2D eigenvalue weighted by atomic mass is 10.1. The molecular formula is C17H14BrIN2O7. The lowest BCUT2D eigenvalue weighted by molar-refractivity contribution is -0.385. The highest BCUT2D eigenvalue weighted by molar-refractivity contribution is 14.1. The zero-order valence-corrected chi connectivity index (χ0v) is 18.6. The highest BCUT2D eigenvalue weighted by atomic mass is 127. The molecule has 1 heterocycles. The van der Waals surface area contributed by atoms with Crippen molar-refractivity contribution >= 4 is 61.8 Å². The van der Waals surface area contributed by atoms with Gasteiger partial charge < -0.3 is 19.1 Å². The van der Waals surface area contributed by atoms with Crippen molar-refractivity contribution in [3.8, 4) is 5.75 Å². The second kappa shape index (κ2) is 9.19. The number of ether oxygens (including phenoxy) is 3. The molecule has 1 aliphatic rings. The number of nitro groups is 1. The molecule has 0 spiro atoms.